The fourth-order valence-electron chi connectivity index (χ4n) is 0.536. The first-order valence-corrected chi connectivity index (χ1v) is 2.72. The van der Waals surface area contributed by atoms with Gasteiger partial charge in [-0.25, -0.2) is 5.10 Å². The third-order valence-electron chi connectivity index (χ3n) is 1.02. The van der Waals surface area contributed by atoms with Crippen molar-refractivity contribution in [3.8, 4) is 0 Å². The first-order chi connectivity index (χ1) is 3.80. The van der Waals surface area contributed by atoms with Crippen molar-refractivity contribution in [2.24, 2.45) is 0 Å². The molecule has 9 heavy (non-hydrogen) atoms. The van der Waals surface area contributed by atoms with Gasteiger partial charge in [-0.15, -0.1) is 5.69 Å². The summed E-state index contributed by atoms with van der Waals surface area (Å²) in [7, 11) is 0. The monoisotopic (exact) mass is 198 g/mol. The molecule has 0 aliphatic rings. The minimum absolute atomic E-state index is 0. The molecule has 0 spiro atoms. The van der Waals surface area contributed by atoms with E-state index in [1.54, 1.807) is 6.20 Å². The van der Waals surface area contributed by atoms with Crippen molar-refractivity contribution in [3.05, 3.63) is 18.0 Å². The van der Waals surface area contributed by atoms with Crippen LogP contribution in [0.1, 0.15) is 25.5 Å². The van der Waals surface area contributed by atoms with E-state index in [-0.39, 0.29) is 32.7 Å². The summed E-state index contributed by atoms with van der Waals surface area (Å²) in [5.74, 6) is 0.487. The van der Waals surface area contributed by atoms with E-state index in [1.165, 1.54) is 0 Å². The molecule has 1 aromatic rings. The van der Waals surface area contributed by atoms with E-state index in [4.69, 9.17) is 0 Å². The molecule has 0 fully saturated rings. The molecule has 0 aliphatic carbocycles. The Morgan fingerprint density at radius 3 is 2.56 bits per heavy atom. The van der Waals surface area contributed by atoms with E-state index < -0.39 is 0 Å². The molecular weight excluding hydrogens is 189 g/mol. The standard InChI is InChI=1S/C6H9N2.Y/c1-5(2)6-3-4-7-8-6;/h4-5H,1-2H3,(H,7,8);/q-1;. The largest absolute Gasteiger partial charge is 0.429 e. The normalized spacial score (nSPS) is 9.22. The van der Waals surface area contributed by atoms with Crippen LogP contribution in [0.4, 0.5) is 0 Å². The van der Waals surface area contributed by atoms with Gasteiger partial charge in [0.05, 0.1) is 0 Å². The number of aromatic nitrogens is 2. The van der Waals surface area contributed by atoms with Crippen LogP contribution in [0.25, 0.3) is 0 Å². The Labute approximate surface area is 80.3 Å². The first-order valence-electron chi connectivity index (χ1n) is 2.72. The molecule has 0 amide bonds. The average molecular weight is 198 g/mol. The van der Waals surface area contributed by atoms with Gasteiger partial charge in [-0.1, -0.05) is 13.8 Å². The molecule has 3 heteroatoms. The predicted octanol–water partition coefficient (Wildman–Crippen LogP) is 1.33. The molecule has 2 nitrogen and oxygen atoms in total. The Balaban J connectivity index is 0.000000640. The zero-order chi connectivity index (χ0) is 5.98. The van der Waals surface area contributed by atoms with Gasteiger partial charge in [-0.2, -0.15) is 6.20 Å². The van der Waals surface area contributed by atoms with Crippen LogP contribution in [-0.2, 0) is 32.7 Å². The Morgan fingerprint density at radius 2 is 2.33 bits per heavy atom. The third-order valence-corrected chi connectivity index (χ3v) is 1.02. The van der Waals surface area contributed by atoms with E-state index in [2.05, 4.69) is 30.1 Å². The van der Waals surface area contributed by atoms with Gasteiger partial charge in [0.1, 0.15) is 0 Å². The van der Waals surface area contributed by atoms with Crippen LogP contribution < -0.4 is 0 Å². The molecule has 0 bridgehead atoms. The second-order valence-corrected chi connectivity index (χ2v) is 2.07. The molecule has 1 rings (SSSR count). The Kier molecular flexibility index (Phi) is 4.33. The van der Waals surface area contributed by atoms with Crippen molar-refractivity contribution >= 4 is 0 Å². The molecule has 0 aliphatic heterocycles. The van der Waals surface area contributed by atoms with Gasteiger partial charge in [0, 0.05) is 32.7 Å². The van der Waals surface area contributed by atoms with Gasteiger partial charge in [0.25, 0.3) is 0 Å². The SMILES string of the molecule is CC(C)c1[c-]c[nH]n1.[Y]. The van der Waals surface area contributed by atoms with Crippen LogP contribution >= 0.6 is 0 Å². The number of nitrogens with zero attached hydrogens (tertiary/aromatic N) is 1. The fourth-order valence-corrected chi connectivity index (χ4v) is 0.536. The van der Waals surface area contributed by atoms with Crippen LogP contribution in [0.2, 0.25) is 0 Å². The van der Waals surface area contributed by atoms with Crippen molar-refractivity contribution < 1.29 is 32.7 Å². The summed E-state index contributed by atoms with van der Waals surface area (Å²) in [6.07, 6.45) is 1.72. The molecule has 0 saturated carbocycles. The smallest absolute Gasteiger partial charge is 0 e. The summed E-state index contributed by atoms with van der Waals surface area (Å²) in [6, 6.07) is 2.97. The zero-order valence-corrected chi connectivity index (χ0v) is 8.52. The molecule has 0 aromatic carbocycles. The molecule has 47 valence electrons. The van der Waals surface area contributed by atoms with Gasteiger partial charge < -0.3 is 11.2 Å². The number of aromatic amines is 1. The average Bonchev–Trinajstić information content (AvgIpc) is 2.12. The van der Waals surface area contributed by atoms with Crippen molar-refractivity contribution in [2.45, 2.75) is 19.8 Å². The zero-order valence-electron chi connectivity index (χ0n) is 5.68. The van der Waals surface area contributed by atoms with Crippen molar-refractivity contribution in [1.29, 1.82) is 0 Å². The van der Waals surface area contributed by atoms with E-state index in [9.17, 15) is 0 Å². The minimum Gasteiger partial charge on any atom is -0.429 e. The summed E-state index contributed by atoms with van der Waals surface area (Å²) < 4.78 is 0. The molecule has 0 unspecified atom stereocenters. The summed E-state index contributed by atoms with van der Waals surface area (Å²) >= 11 is 0. The fraction of sp³-hybridized carbons (Fsp3) is 0.500. The van der Waals surface area contributed by atoms with Crippen LogP contribution in [0.15, 0.2) is 6.20 Å². The number of rotatable bonds is 1. The van der Waals surface area contributed by atoms with E-state index in [1.807, 2.05) is 0 Å². The second-order valence-electron chi connectivity index (χ2n) is 2.07. The topological polar surface area (TPSA) is 28.7 Å². The minimum atomic E-state index is 0. The predicted molar refractivity (Wildman–Crippen MR) is 31.5 cm³/mol. The second kappa shape index (κ2) is 4.18. The quantitative estimate of drug-likeness (QED) is 0.677. The number of hydrogen-bond donors (Lipinski definition) is 1. The van der Waals surface area contributed by atoms with Crippen LogP contribution in [0.5, 0.6) is 0 Å². The van der Waals surface area contributed by atoms with E-state index in [0.29, 0.717) is 5.92 Å². The Bertz CT molecular complexity index is 146. The third kappa shape index (κ3) is 2.59. The molecule has 0 saturated heterocycles. The Hall–Kier alpha value is 0.314. The summed E-state index contributed by atoms with van der Waals surface area (Å²) in [5.41, 5.74) is 1.00. The van der Waals surface area contributed by atoms with Crippen molar-refractivity contribution in [2.75, 3.05) is 0 Å². The van der Waals surface area contributed by atoms with Gasteiger partial charge in [0.2, 0.25) is 0 Å². The molecular formula is C6H9N2Y-. The maximum atomic E-state index is 3.94. The molecule has 1 radical (unpaired) electrons. The van der Waals surface area contributed by atoms with E-state index >= 15 is 0 Å². The summed E-state index contributed by atoms with van der Waals surface area (Å²) in [6.45, 7) is 4.18. The maximum Gasteiger partial charge on any atom is 0 e. The van der Waals surface area contributed by atoms with Gasteiger partial charge in [0.15, 0.2) is 0 Å². The van der Waals surface area contributed by atoms with Crippen LogP contribution in [0.3, 0.4) is 0 Å². The summed E-state index contributed by atoms with van der Waals surface area (Å²) in [4.78, 5) is 0. The number of hydrogen-bond acceptors (Lipinski definition) is 1. The molecule has 1 aromatic heterocycles. The van der Waals surface area contributed by atoms with E-state index in [0.717, 1.165) is 5.69 Å². The Morgan fingerprint density at radius 1 is 1.67 bits per heavy atom. The number of nitrogens with one attached hydrogen (secondary N) is 1. The van der Waals surface area contributed by atoms with Gasteiger partial charge in [-0.3, -0.25) is 0 Å². The van der Waals surface area contributed by atoms with Gasteiger partial charge in [-0.05, 0) is 5.92 Å². The first kappa shape index (κ1) is 9.31. The van der Waals surface area contributed by atoms with Crippen LogP contribution in [0, 0.1) is 6.07 Å². The molecule has 0 atom stereocenters. The molecule has 1 heterocycles. The van der Waals surface area contributed by atoms with Crippen molar-refractivity contribution in [1.82, 2.24) is 10.2 Å². The summed E-state index contributed by atoms with van der Waals surface area (Å²) in [5, 5.41) is 6.64. The van der Waals surface area contributed by atoms with Crippen LogP contribution in [-0.4, -0.2) is 10.2 Å². The van der Waals surface area contributed by atoms with Gasteiger partial charge >= 0.3 is 0 Å². The molecule has 1 N–H and O–H groups in total. The number of H-pyrrole nitrogens is 1. The maximum absolute atomic E-state index is 3.94. The van der Waals surface area contributed by atoms with Crippen molar-refractivity contribution in [3.63, 3.8) is 0 Å².